The van der Waals surface area contributed by atoms with E-state index in [1.807, 2.05) is 31.2 Å². The van der Waals surface area contributed by atoms with E-state index in [-0.39, 0.29) is 36.0 Å². The van der Waals surface area contributed by atoms with Gasteiger partial charge in [-0.05, 0) is 30.7 Å². The van der Waals surface area contributed by atoms with Crippen LogP contribution in [0.2, 0.25) is 0 Å². The molecule has 0 aliphatic carbocycles. The molecule has 9 heteroatoms. The van der Waals surface area contributed by atoms with Crippen LogP contribution >= 0.6 is 11.3 Å². The third kappa shape index (κ3) is 6.73. The van der Waals surface area contributed by atoms with Crippen molar-refractivity contribution in [2.45, 2.75) is 31.3 Å². The molecule has 3 aromatic rings. The number of rotatable bonds is 9. The molecule has 2 aromatic carbocycles. The van der Waals surface area contributed by atoms with Crippen molar-refractivity contribution >= 4 is 38.7 Å². The Labute approximate surface area is 185 Å². The summed E-state index contributed by atoms with van der Waals surface area (Å²) in [6.45, 7) is 1.84. The zero-order chi connectivity index (χ0) is 22.3. The molecule has 1 heterocycles. The van der Waals surface area contributed by atoms with Gasteiger partial charge in [0.05, 0.1) is 29.2 Å². The SMILES string of the molecule is Cc1ccccc1NC(=O)Cc1nc(COC(=O)CCS(=O)(=O)c2ccccc2)cs1. The van der Waals surface area contributed by atoms with E-state index in [4.69, 9.17) is 4.74 Å². The number of aromatic nitrogens is 1. The first-order valence-corrected chi connectivity index (χ1v) is 12.1. The molecule has 162 valence electrons. The predicted octanol–water partition coefficient (Wildman–Crippen LogP) is 3.54. The zero-order valence-corrected chi connectivity index (χ0v) is 18.5. The van der Waals surface area contributed by atoms with Crippen LogP contribution in [0.1, 0.15) is 22.7 Å². The Morgan fingerprint density at radius 2 is 1.77 bits per heavy atom. The first-order valence-electron chi connectivity index (χ1n) is 9.56. The number of hydrogen-bond acceptors (Lipinski definition) is 7. The van der Waals surface area contributed by atoms with E-state index < -0.39 is 15.8 Å². The van der Waals surface area contributed by atoms with Gasteiger partial charge in [-0.3, -0.25) is 9.59 Å². The number of ether oxygens (including phenoxy) is 1. The fourth-order valence-corrected chi connectivity index (χ4v) is 4.75. The van der Waals surface area contributed by atoms with E-state index in [9.17, 15) is 18.0 Å². The Morgan fingerprint density at radius 3 is 2.52 bits per heavy atom. The van der Waals surface area contributed by atoms with Crippen LogP contribution in [0.15, 0.2) is 64.9 Å². The number of carbonyl (C=O) groups is 2. The molecule has 0 atom stereocenters. The van der Waals surface area contributed by atoms with Crippen molar-refractivity contribution in [3.05, 3.63) is 76.2 Å². The molecule has 1 aromatic heterocycles. The van der Waals surface area contributed by atoms with Gasteiger partial charge in [-0.15, -0.1) is 11.3 Å². The minimum Gasteiger partial charge on any atom is -0.459 e. The summed E-state index contributed by atoms with van der Waals surface area (Å²) in [7, 11) is -3.54. The van der Waals surface area contributed by atoms with Gasteiger partial charge in [0.2, 0.25) is 5.91 Å². The number of nitrogens with zero attached hydrogens (tertiary/aromatic N) is 1. The van der Waals surface area contributed by atoms with Crippen molar-refractivity contribution in [2.75, 3.05) is 11.1 Å². The number of thiazole rings is 1. The lowest BCUT2D eigenvalue weighted by molar-refractivity contribution is -0.144. The van der Waals surface area contributed by atoms with E-state index in [0.717, 1.165) is 11.3 Å². The normalized spacial score (nSPS) is 11.1. The first-order chi connectivity index (χ1) is 14.8. The van der Waals surface area contributed by atoms with Crippen molar-refractivity contribution in [1.29, 1.82) is 0 Å². The number of benzene rings is 2. The van der Waals surface area contributed by atoms with Crippen molar-refractivity contribution in [3.63, 3.8) is 0 Å². The number of aryl methyl sites for hydroxylation is 1. The number of nitrogens with one attached hydrogen (secondary N) is 1. The lowest BCUT2D eigenvalue weighted by Gasteiger charge is -2.06. The lowest BCUT2D eigenvalue weighted by atomic mass is 10.2. The summed E-state index contributed by atoms with van der Waals surface area (Å²) in [5.41, 5.74) is 2.24. The largest absolute Gasteiger partial charge is 0.459 e. The topological polar surface area (TPSA) is 102 Å². The van der Waals surface area contributed by atoms with Crippen LogP contribution < -0.4 is 5.32 Å². The average Bonchev–Trinajstić information content (AvgIpc) is 3.20. The van der Waals surface area contributed by atoms with Gasteiger partial charge in [0, 0.05) is 11.1 Å². The molecule has 0 spiro atoms. The Hall–Kier alpha value is -3.04. The maximum atomic E-state index is 12.2. The second-order valence-electron chi connectivity index (χ2n) is 6.82. The van der Waals surface area contributed by atoms with Gasteiger partial charge in [-0.25, -0.2) is 13.4 Å². The van der Waals surface area contributed by atoms with Crippen LogP contribution in [0.5, 0.6) is 0 Å². The molecule has 7 nitrogen and oxygen atoms in total. The zero-order valence-electron chi connectivity index (χ0n) is 16.9. The number of para-hydroxylation sites is 1. The minimum absolute atomic E-state index is 0.0693. The molecule has 0 saturated carbocycles. The van der Waals surface area contributed by atoms with E-state index in [0.29, 0.717) is 10.7 Å². The molecular weight excluding hydrogens is 436 g/mol. The summed E-state index contributed by atoms with van der Waals surface area (Å²) < 4.78 is 29.6. The van der Waals surface area contributed by atoms with Gasteiger partial charge in [0.1, 0.15) is 11.6 Å². The van der Waals surface area contributed by atoms with E-state index in [2.05, 4.69) is 10.3 Å². The lowest BCUT2D eigenvalue weighted by Crippen LogP contribution is -2.15. The van der Waals surface area contributed by atoms with Crippen molar-refractivity contribution < 1.29 is 22.7 Å². The number of carbonyl (C=O) groups excluding carboxylic acids is 2. The Bertz CT molecular complexity index is 1160. The fourth-order valence-electron chi connectivity index (χ4n) is 2.73. The smallest absolute Gasteiger partial charge is 0.307 e. The summed E-state index contributed by atoms with van der Waals surface area (Å²) >= 11 is 1.30. The molecule has 0 aliphatic rings. The van der Waals surface area contributed by atoms with Crippen LogP contribution in [0.3, 0.4) is 0 Å². The second-order valence-corrected chi connectivity index (χ2v) is 9.87. The fraction of sp³-hybridized carbons (Fsp3) is 0.227. The average molecular weight is 459 g/mol. The van der Waals surface area contributed by atoms with Gasteiger partial charge in [0.15, 0.2) is 9.84 Å². The number of hydrogen-bond donors (Lipinski definition) is 1. The number of sulfone groups is 1. The third-order valence-electron chi connectivity index (χ3n) is 4.39. The molecule has 1 amide bonds. The summed E-state index contributed by atoms with van der Waals surface area (Å²) in [5.74, 6) is -1.12. The third-order valence-corrected chi connectivity index (χ3v) is 7.02. The molecule has 0 unspecified atom stereocenters. The van der Waals surface area contributed by atoms with E-state index in [1.165, 1.54) is 23.5 Å². The Balaban J connectivity index is 1.45. The van der Waals surface area contributed by atoms with Crippen molar-refractivity contribution in [3.8, 4) is 0 Å². The van der Waals surface area contributed by atoms with Crippen LogP contribution in [0.4, 0.5) is 5.69 Å². The second kappa shape index (κ2) is 10.3. The molecular formula is C22H22N2O5S2. The standard InChI is InChI=1S/C22H22N2O5S2/c1-16-7-5-6-10-19(16)24-20(25)13-21-23-17(15-30-21)14-29-22(26)11-12-31(27,28)18-8-3-2-4-9-18/h2-10,15H,11-14H2,1H3,(H,24,25). The number of esters is 1. The van der Waals surface area contributed by atoms with E-state index in [1.54, 1.807) is 23.6 Å². The minimum atomic E-state index is -3.54. The van der Waals surface area contributed by atoms with Crippen LogP contribution in [-0.4, -0.2) is 31.0 Å². The summed E-state index contributed by atoms with van der Waals surface area (Å²) in [5, 5.41) is 5.16. The summed E-state index contributed by atoms with van der Waals surface area (Å²) in [6, 6.07) is 15.5. The number of amides is 1. The molecule has 3 rings (SSSR count). The maximum Gasteiger partial charge on any atom is 0.307 e. The van der Waals surface area contributed by atoms with Gasteiger partial charge in [0.25, 0.3) is 0 Å². The Kier molecular flexibility index (Phi) is 7.54. The molecule has 0 saturated heterocycles. The van der Waals surface area contributed by atoms with E-state index >= 15 is 0 Å². The van der Waals surface area contributed by atoms with Crippen LogP contribution in [0.25, 0.3) is 0 Å². The predicted molar refractivity (Wildman–Crippen MR) is 119 cm³/mol. The highest BCUT2D eigenvalue weighted by Gasteiger charge is 2.17. The molecule has 0 aliphatic heterocycles. The summed E-state index contributed by atoms with van der Waals surface area (Å²) in [4.78, 5) is 28.6. The molecule has 31 heavy (non-hydrogen) atoms. The van der Waals surface area contributed by atoms with Crippen molar-refractivity contribution in [2.24, 2.45) is 0 Å². The van der Waals surface area contributed by atoms with Crippen LogP contribution in [-0.2, 0) is 37.2 Å². The molecule has 0 bridgehead atoms. The maximum absolute atomic E-state index is 12.2. The highest BCUT2D eigenvalue weighted by molar-refractivity contribution is 7.91. The Morgan fingerprint density at radius 1 is 1.06 bits per heavy atom. The molecule has 0 fully saturated rings. The number of anilines is 1. The summed E-state index contributed by atoms with van der Waals surface area (Å²) in [6.07, 6.45) is -0.130. The van der Waals surface area contributed by atoms with Gasteiger partial charge in [-0.2, -0.15) is 0 Å². The highest BCUT2D eigenvalue weighted by Crippen LogP contribution is 2.16. The highest BCUT2D eigenvalue weighted by atomic mass is 32.2. The van der Waals surface area contributed by atoms with Gasteiger partial charge in [-0.1, -0.05) is 36.4 Å². The molecule has 0 radical (unpaired) electrons. The monoisotopic (exact) mass is 458 g/mol. The van der Waals surface area contributed by atoms with Gasteiger partial charge >= 0.3 is 5.97 Å². The van der Waals surface area contributed by atoms with Crippen molar-refractivity contribution in [1.82, 2.24) is 4.98 Å². The van der Waals surface area contributed by atoms with Gasteiger partial charge < -0.3 is 10.1 Å². The molecule has 1 N–H and O–H groups in total. The van der Waals surface area contributed by atoms with Crippen LogP contribution in [0, 0.1) is 6.92 Å². The quantitative estimate of drug-likeness (QED) is 0.492. The first kappa shape index (κ1) is 22.6.